The molecule has 1 aromatic heterocycles. The van der Waals surface area contributed by atoms with Gasteiger partial charge in [0.15, 0.2) is 5.69 Å². The van der Waals surface area contributed by atoms with Gasteiger partial charge in [0.25, 0.3) is 0 Å². The molecule has 0 spiro atoms. The molecule has 0 bridgehead atoms. The lowest BCUT2D eigenvalue weighted by Crippen LogP contribution is -2.16. The van der Waals surface area contributed by atoms with Crippen LogP contribution in [0.15, 0.2) is 12.1 Å². The van der Waals surface area contributed by atoms with Gasteiger partial charge in [-0.25, -0.2) is 9.78 Å². The van der Waals surface area contributed by atoms with E-state index in [9.17, 15) is 4.79 Å². The van der Waals surface area contributed by atoms with Gasteiger partial charge in [-0.1, -0.05) is 0 Å². The zero-order valence-electron chi connectivity index (χ0n) is 7.49. The van der Waals surface area contributed by atoms with Crippen LogP contribution in [-0.4, -0.2) is 29.2 Å². The molecule has 1 aliphatic rings. The van der Waals surface area contributed by atoms with Crippen LogP contribution in [0.1, 0.15) is 16.1 Å². The van der Waals surface area contributed by atoms with E-state index in [0.29, 0.717) is 19.0 Å². The molecule has 0 radical (unpaired) electrons. The fourth-order valence-corrected chi connectivity index (χ4v) is 1.29. The van der Waals surface area contributed by atoms with Crippen LogP contribution in [-0.2, 0) is 6.54 Å². The van der Waals surface area contributed by atoms with Crippen molar-refractivity contribution in [1.29, 1.82) is 0 Å². The number of rotatable bonds is 1. The van der Waals surface area contributed by atoms with Crippen molar-refractivity contribution in [1.82, 2.24) is 10.3 Å². The summed E-state index contributed by atoms with van der Waals surface area (Å²) < 4.78 is 5.30. The molecule has 2 heterocycles. The molecule has 0 fully saturated rings. The van der Waals surface area contributed by atoms with Gasteiger partial charge in [-0.15, -0.1) is 0 Å². The molecule has 5 heteroatoms. The summed E-state index contributed by atoms with van der Waals surface area (Å²) in [5.74, 6) is -0.608. The number of nitrogens with one attached hydrogen (secondary N) is 1. The molecule has 0 aromatic carbocycles. The van der Waals surface area contributed by atoms with Crippen LogP contribution < -0.4 is 10.1 Å². The van der Waals surface area contributed by atoms with Gasteiger partial charge in [0.05, 0.1) is 0 Å². The van der Waals surface area contributed by atoms with Gasteiger partial charge >= 0.3 is 5.97 Å². The van der Waals surface area contributed by atoms with Crippen LogP contribution in [0.5, 0.6) is 5.88 Å². The molecule has 0 saturated heterocycles. The van der Waals surface area contributed by atoms with E-state index in [1.807, 2.05) is 0 Å². The summed E-state index contributed by atoms with van der Waals surface area (Å²) in [6.45, 7) is 1.93. The van der Waals surface area contributed by atoms with Crippen LogP contribution in [0.25, 0.3) is 0 Å². The van der Waals surface area contributed by atoms with Crippen LogP contribution in [0.3, 0.4) is 0 Å². The zero-order valence-corrected chi connectivity index (χ0v) is 7.49. The minimum Gasteiger partial charge on any atom is -0.477 e. The number of hydrogen-bond acceptors (Lipinski definition) is 4. The summed E-state index contributed by atoms with van der Waals surface area (Å²) in [7, 11) is 0. The monoisotopic (exact) mass is 194 g/mol. The summed E-state index contributed by atoms with van der Waals surface area (Å²) in [6, 6.07) is 3.21. The first-order valence-electron chi connectivity index (χ1n) is 4.34. The molecule has 2 N–H and O–H groups in total. The minimum absolute atomic E-state index is 0.0191. The highest BCUT2D eigenvalue weighted by Crippen LogP contribution is 2.17. The Bertz CT molecular complexity index is 365. The first-order valence-corrected chi connectivity index (χ1v) is 4.34. The Morgan fingerprint density at radius 1 is 1.57 bits per heavy atom. The highest BCUT2D eigenvalue weighted by atomic mass is 16.5. The molecule has 14 heavy (non-hydrogen) atoms. The average Bonchev–Trinajstić information content (AvgIpc) is 2.41. The summed E-state index contributed by atoms with van der Waals surface area (Å²) >= 11 is 0. The van der Waals surface area contributed by atoms with Crippen molar-refractivity contribution in [2.75, 3.05) is 13.2 Å². The summed E-state index contributed by atoms with van der Waals surface area (Å²) in [5, 5.41) is 11.9. The predicted molar refractivity (Wildman–Crippen MR) is 48.4 cm³/mol. The molecule has 1 aliphatic heterocycles. The van der Waals surface area contributed by atoms with Crippen molar-refractivity contribution < 1.29 is 14.6 Å². The number of aromatic carboxylic acids is 1. The Kier molecular flexibility index (Phi) is 2.32. The number of carboxylic acid groups (broad SMARTS) is 1. The Balaban J connectivity index is 2.37. The highest BCUT2D eigenvalue weighted by Gasteiger charge is 2.13. The van der Waals surface area contributed by atoms with E-state index < -0.39 is 5.97 Å². The van der Waals surface area contributed by atoms with Crippen molar-refractivity contribution in [3.8, 4) is 5.88 Å². The fraction of sp³-hybridized carbons (Fsp3) is 0.333. The maximum atomic E-state index is 10.6. The van der Waals surface area contributed by atoms with Gasteiger partial charge in [-0.2, -0.15) is 0 Å². The lowest BCUT2D eigenvalue weighted by atomic mass is 10.2. The van der Waals surface area contributed by atoms with Crippen molar-refractivity contribution in [3.05, 3.63) is 23.4 Å². The number of aromatic nitrogens is 1. The van der Waals surface area contributed by atoms with Crippen molar-refractivity contribution >= 4 is 5.97 Å². The van der Waals surface area contributed by atoms with Gasteiger partial charge in [-0.3, -0.25) is 0 Å². The quantitative estimate of drug-likeness (QED) is 0.671. The topological polar surface area (TPSA) is 71.5 Å². The van der Waals surface area contributed by atoms with E-state index in [-0.39, 0.29) is 5.69 Å². The molecule has 74 valence electrons. The highest BCUT2D eigenvalue weighted by molar-refractivity contribution is 5.85. The molecule has 5 nitrogen and oxygen atoms in total. The normalized spacial score (nSPS) is 15.1. The molecule has 2 rings (SSSR count). The van der Waals surface area contributed by atoms with Gasteiger partial charge in [0.2, 0.25) is 5.88 Å². The average molecular weight is 194 g/mol. The van der Waals surface area contributed by atoms with Gasteiger partial charge < -0.3 is 15.2 Å². The molecule has 1 aromatic rings. The van der Waals surface area contributed by atoms with Crippen LogP contribution in [0.4, 0.5) is 0 Å². The fourth-order valence-electron chi connectivity index (χ4n) is 1.29. The summed E-state index contributed by atoms with van der Waals surface area (Å²) in [5.41, 5.74) is 0.915. The van der Waals surface area contributed by atoms with Crippen LogP contribution in [0.2, 0.25) is 0 Å². The third kappa shape index (κ3) is 1.67. The minimum atomic E-state index is -1.03. The lowest BCUT2D eigenvalue weighted by Gasteiger charge is -2.05. The Labute approximate surface area is 80.7 Å². The van der Waals surface area contributed by atoms with Gasteiger partial charge in [0.1, 0.15) is 6.61 Å². The Morgan fingerprint density at radius 3 is 3.21 bits per heavy atom. The van der Waals surface area contributed by atoms with E-state index >= 15 is 0 Å². The smallest absolute Gasteiger partial charge is 0.354 e. The maximum absolute atomic E-state index is 10.6. The summed E-state index contributed by atoms with van der Waals surface area (Å²) in [6.07, 6.45) is 0. The van der Waals surface area contributed by atoms with E-state index in [1.165, 1.54) is 6.07 Å². The molecular formula is C9H10N2O3. The molecule has 0 saturated carbocycles. The van der Waals surface area contributed by atoms with Crippen molar-refractivity contribution in [2.45, 2.75) is 6.54 Å². The second kappa shape index (κ2) is 3.63. The van der Waals surface area contributed by atoms with Crippen molar-refractivity contribution in [3.63, 3.8) is 0 Å². The molecular weight excluding hydrogens is 184 g/mol. The number of ether oxygens (including phenoxy) is 1. The number of fused-ring (bicyclic) bond motifs is 1. The maximum Gasteiger partial charge on any atom is 0.354 e. The van der Waals surface area contributed by atoms with E-state index in [4.69, 9.17) is 9.84 Å². The first-order chi connectivity index (χ1) is 6.77. The van der Waals surface area contributed by atoms with Crippen LogP contribution in [0, 0.1) is 0 Å². The molecule has 0 unspecified atom stereocenters. The SMILES string of the molecule is O=C(O)c1ccc2c(n1)OCCNC2. The lowest BCUT2D eigenvalue weighted by molar-refractivity contribution is 0.0689. The Morgan fingerprint density at radius 2 is 2.43 bits per heavy atom. The predicted octanol–water partition coefficient (Wildman–Crippen LogP) is 0.262. The number of pyridine rings is 1. The largest absolute Gasteiger partial charge is 0.477 e. The Hall–Kier alpha value is -1.62. The molecule has 0 aliphatic carbocycles. The number of carboxylic acids is 1. The molecule has 0 atom stereocenters. The second-order valence-electron chi connectivity index (χ2n) is 2.99. The number of nitrogens with zero attached hydrogens (tertiary/aromatic N) is 1. The zero-order chi connectivity index (χ0) is 9.97. The van der Waals surface area contributed by atoms with E-state index in [0.717, 1.165) is 12.1 Å². The third-order valence-electron chi connectivity index (χ3n) is 1.99. The number of hydrogen-bond donors (Lipinski definition) is 2. The van der Waals surface area contributed by atoms with Crippen LogP contribution >= 0.6 is 0 Å². The van der Waals surface area contributed by atoms with Gasteiger partial charge in [0, 0.05) is 18.7 Å². The van der Waals surface area contributed by atoms with E-state index in [2.05, 4.69) is 10.3 Å². The van der Waals surface area contributed by atoms with E-state index in [1.54, 1.807) is 6.07 Å². The molecule has 0 amide bonds. The summed E-state index contributed by atoms with van der Waals surface area (Å²) in [4.78, 5) is 14.5. The van der Waals surface area contributed by atoms with Gasteiger partial charge in [-0.05, 0) is 12.1 Å². The second-order valence-corrected chi connectivity index (χ2v) is 2.99. The number of carbonyl (C=O) groups is 1. The standard InChI is InChI=1S/C9H10N2O3/c12-9(13)7-2-1-6-5-10-3-4-14-8(6)11-7/h1-2,10H,3-5H2,(H,12,13). The first kappa shape index (κ1) is 8.96. The third-order valence-corrected chi connectivity index (χ3v) is 1.99. The van der Waals surface area contributed by atoms with Crippen molar-refractivity contribution in [2.24, 2.45) is 0 Å².